The van der Waals surface area contributed by atoms with Gasteiger partial charge in [-0.3, -0.25) is 4.79 Å². The average molecular weight is 267 g/mol. The number of fused-ring (bicyclic) bond motifs is 1. The number of hydrogen-bond acceptors (Lipinski definition) is 3. The standard InChI is InChI=1S/C16H13NO3/c1-9-7-11-14(12(18)8-9)17-16(20)13(15(11)19)10-5-3-2-4-6-10/h2-8,18H,1H3,(H2,17,19,20). The summed E-state index contributed by atoms with van der Waals surface area (Å²) >= 11 is 0. The lowest BCUT2D eigenvalue weighted by Gasteiger charge is -2.09. The van der Waals surface area contributed by atoms with Gasteiger partial charge in [0.15, 0.2) is 0 Å². The molecule has 4 nitrogen and oxygen atoms in total. The second kappa shape index (κ2) is 4.42. The molecule has 3 N–H and O–H groups in total. The summed E-state index contributed by atoms with van der Waals surface area (Å²) < 4.78 is 0. The summed E-state index contributed by atoms with van der Waals surface area (Å²) in [5, 5.41) is 20.7. The Kier molecular flexibility index (Phi) is 2.71. The van der Waals surface area contributed by atoms with E-state index in [1.807, 2.05) is 13.0 Å². The SMILES string of the molecule is Cc1cc(O)c2[nH]c(=O)c(-c3ccccc3)c(O)c2c1. The fourth-order valence-electron chi connectivity index (χ4n) is 2.38. The first-order valence-electron chi connectivity index (χ1n) is 6.22. The predicted octanol–water partition coefficient (Wildman–Crippen LogP) is 2.91. The minimum Gasteiger partial charge on any atom is -0.506 e. The molecule has 0 unspecified atom stereocenters. The monoisotopic (exact) mass is 267 g/mol. The molecule has 0 atom stereocenters. The summed E-state index contributed by atoms with van der Waals surface area (Å²) in [6.07, 6.45) is 0. The molecule has 20 heavy (non-hydrogen) atoms. The van der Waals surface area contributed by atoms with Gasteiger partial charge >= 0.3 is 0 Å². The maximum atomic E-state index is 12.2. The van der Waals surface area contributed by atoms with E-state index in [0.717, 1.165) is 5.56 Å². The number of H-pyrrole nitrogens is 1. The Morgan fingerprint density at radius 3 is 2.45 bits per heavy atom. The van der Waals surface area contributed by atoms with Gasteiger partial charge in [0.2, 0.25) is 0 Å². The Balaban J connectivity index is 2.44. The van der Waals surface area contributed by atoms with Crippen LogP contribution in [0.1, 0.15) is 5.56 Å². The van der Waals surface area contributed by atoms with E-state index in [2.05, 4.69) is 4.98 Å². The smallest absolute Gasteiger partial charge is 0.260 e. The van der Waals surface area contributed by atoms with Gasteiger partial charge in [0.05, 0.1) is 11.1 Å². The van der Waals surface area contributed by atoms with E-state index in [1.165, 1.54) is 0 Å². The maximum absolute atomic E-state index is 12.2. The first kappa shape index (κ1) is 12.3. The van der Waals surface area contributed by atoms with E-state index in [9.17, 15) is 15.0 Å². The van der Waals surface area contributed by atoms with Crippen LogP contribution in [0.4, 0.5) is 0 Å². The zero-order valence-corrected chi connectivity index (χ0v) is 10.8. The Hall–Kier alpha value is -2.75. The molecule has 2 aromatic carbocycles. The minimum atomic E-state index is -0.430. The highest BCUT2D eigenvalue weighted by Crippen LogP contribution is 2.35. The quantitative estimate of drug-likeness (QED) is 0.634. The number of nitrogens with one attached hydrogen (secondary N) is 1. The van der Waals surface area contributed by atoms with Crippen molar-refractivity contribution in [3.05, 3.63) is 58.4 Å². The predicted molar refractivity (Wildman–Crippen MR) is 78.1 cm³/mol. The van der Waals surface area contributed by atoms with Gasteiger partial charge < -0.3 is 15.2 Å². The number of phenols is 1. The van der Waals surface area contributed by atoms with Gasteiger partial charge in [0.25, 0.3) is 5.56 Å². The fraction of sp³-hybridized carbons (Fsp3) is 0.0625. The van der Waals surface area contributed by atoms with Crippen LogP contribution in [0, 0.1) is 6.92 Å². The van der Waals surface area contributed by atoms with Crippen LogP contribution in [0.5, 0.6) is 11.5 Å². The highest BCUT2D eigenvalue weighted by atomic mass is 16.3. The van der Waals surface area contributed by atoms with Crippen LogP contribution >= 0.6 is 0 Å². The lowest BCUT2D eigenvalue weighted by atomic mass is 10.0. The van der Waals surface area contributed by atoms with Gasteiger partial charge in [-0.1, -0.05) is 30.3 Å². The van der Waals surface area contributed by atoms with Crippen molar-refractivity contribution in [2.24, 2.45) is 0 Å². The number of pyridine rings is 1. The van der Waals surface area contributed by atoms with Crippen molar-refractivity contribution >= 4 is 10.9 Å². The van der Waals surface area contributed by atoms with E-state index < -0.39 is 5.56 Å². The average Bonchev–Trinajstić information content (AvgIpc) is 2.42. The number of phenolic OH excluding ortho intramolecular Hbond substituents is 1. The van der Waals surface area contributed by atoms with Crippen molar-refractivity contribution in [1.82, 2.24) is 4.98 Å². The second-order valence-corrected chi connectivity index (χ2v) is 4.75. The molecule has 0 aliphatic carbocycles. The van der Waals surface area contributed by atoms with Gasteiger partial charge in [-0.25, -0.2) is 0 Å². The molecule has 0 fully saturated rings. The van der Waals surface area contributed by atoms with E-state index >= 15 is 0 Å². The minimum absolute atomic E-state index is 0.0491. The third kappa shape index (κ3) is 1.82. The number of aromatic nitrogens is 1. The van der Waals surface area contributed by atoms with Crippen LogP contribution in [0.2, 0.25) is 0 Å². The van der Waals surface area contributed by atoms with Crippen LogP contribution in [0.3, 0.4) is 0 Å². The molecule has 0 spiro atoms. The van der Waals surface area contributed by atoms with Crippen LogP contribution in [-0.2, 0) is 0 Å². The fourth-order valence-corrected chi connectivity index (χ4v) is 2.38. The summed E-state index contributed by atoms with van der Waals surface area (Å²) in [5.41, 5.74) is 1.46. The summed E-state index contributed by atoms with van der Waals surface area (Å²) in [7, 11) is 0. The van der Waals surface area contributed by atoms with Crippen LogP contribution in [0.25, 0.3) is 22.0 Å². The molecule has 0 bridgehead atoms. The molecule has 3 rings (SSSR count). The van der Waals surface area contributed by atoms with E-state index in [0.29, 0.717) is 10.9 Å². The molecular formula is C16H13NO3. The number of aryl methyl sites for hydroxylation is 1. The maximum Gasteiger partial charge on any atom is 0.260 e. The van der Waals surface area contributed by atoms with Gasteiger partial charge in [0.1, 0.15) is 11.5 Å². The number of aromatic amines is 1. The largest absolute Gasteiger partial charge is 0.506 e. The zero-order valence-electron chi connectivity index (χ0n) is 10.8. The summed E-state index contributed by atoms with van der Waals surface area (Å²) in [6.45, 7) is 1.81. The Bertz CT molecular complexity index is 851. The van der Waals surface area contributed by atoms with Crippen molar-refractivity contribution in [3.8, 4) is 22.6 Å². The molecule has 0 aliphatic rings. The second-order valence-electron chi connectivity index (χ2n) is 4.75. The highest BCUT2D eigenvalue weighted by molar-refractivity contribution is 5.95. The molecule has 0 saturated carbocycles. The summed E-state index contributed by atoms with van der Waals surface area (Å²) in [6, 6.07) is 12.2. The normalized spacial score (nSPS) is 10.8. The number of rotatable bonds is 1. The van der Waals surface area contributed by atoms with Crippen LogP contribution < -0.4 is 5.56 Å². The molecule has 0 amide bonds. The first-order valence-corrected chi connectivity index (χ1v) is 6.22. The lowest BCUT2D eigenvalue weighted by molar-refractivity contribution is 0.474. The van der Waals surface area contributed by atoms with E-state index in [4.69, 9.17) is 0 Å². The third-order valence-electron chi connectivity index (χ3n) is 3.28. The van der Waals surface area contributed by atoms with Gasteiger partial charge in [0, 0.05) is 5.39 Å². The molecule has 0 radical (unpaired) electrons. The van der Waals surface area contributed by atoms with Crippen LogP contribution in [-0.4, -0.2) is 15.2 Å². The molecule has 100 valence electrons. The topological polar surface area (TPSA) is 73.3 Å². The van der Waals surface area contributed by atoms with Crippen molar-refractivity contribution in [2.75, 3.05) is 0 Å². The first-order chi connectivity index (χ1) is 9.58. The number of benzene rings is 2. The number of aromatic hydroxyl groups is 2. The van der Waals surface area contributed by atoms with Gasteiger partial charge in [-0.2, -0.15) is 0 Å². The molecule has 0 aliphatic heterocycles. The Morgan fingerprint density at radius 1 is 1.05 bits per heavy atom. The van der Waals surface area contributed by atoms with E-state index in [1.54, 1.807) is 36.4 Å². The Labute approximate surface area is 115 Å². The summed E-state index contributed by atoms with van der Waals surface area (Å²) in [5.74, 6) is -0.166. The third-order valence-corrected chi connectivity index (χ3v) is 3.28. The molecule has 1 heterocycles. The van der Waals surface area contributed by atoms with Crippen molar-refractivity contribution in [2.45, 2.75) is 6.92 Å². The molecule has 4 heteroatoms. The Morgan fingerprint density at radius 2 is 1.75 bits per heavy atom. The molecular weight excluding hydrogens is 254 g/mol. The van der Waals surface area contributed by atoms with E-state index in [-0.39, 0.29) is 22.6 Å². The van der Waals surface area contributed by atoms with Crippen LogP contribution in [0.15, 0.2) is 47.3 Å². The lowest BCUT2D eigenvalue weighted by Crippen LogP contribution is -2.09. The molecule has 3 aromatic rings. The van der Waals surface area contributed by atoms with Gasteiger partial charge in [-0.15, -0.1) is 0 Å². The highest BCUT2D eigenvalue weighted by Gasteiger charge is 2.15. The molecule has 0 saturated heterocycles. The van der Waals surface area contributed by atoms with Crippen molar-refractivity contribution < 1.29 is 10.2 Å². The molecule has 1 aromatic heterocycles. The zero-order chi connectivity index (χ0) is 14.3. The van der Waals surface area contributed by atoms with Crippen molar-refractivity contribution in [1.29, 1.82) is 0 Å². The summed E-state index contributed by atoms with van der Waals surface area (Å²) in [4.78, 5) is 14.8. The van der Waals surface area contributed by atoms with Crippen molar-refractivity contribution in [3.63, 3.8) is 0 Å². The number of hydrogen-bond donors (Lipinski definition) is 3. The van der Waals surface area contributed by atoms with Gasteiger partial charge in [-0.05, 0) is 30.2 Å².